The molecule has 6 nitrogen and oxygen atoms in total. The first-order valence-electron chi connectivity index (χ1n) is 5.52. The zero-order valence-electron chi connectivity index (χ0n) is 10.5. The fourth-order valence-corrected chi connectivity index (χ4v) is 2.59. The van der Waals surface area contributed by atoms with Gasteiger partial charge in [0.05, 0.1) is 4.90 Å². The third-order valence-electron chi connectivity index (χ3n) is 2.50. The first-order valence-corrected chi connectivity index (χ1v) is 7.00. The quantitative estimate of drug-likeness (QED) is 0.858. The van der Waals surface area contributed by atoms with Gasteiger partial charge in [0.25, 0.3) is 10.0 Å². The van der Waals surface area contributed by atoms with Gasteiger partial charge in [0, 0.05) is 24.9 Å². The van der Waals surface area contributed by atoms with E-state index in [0.717, 1.165) is 0 Å². The summed E-state index contributed by atoms with van der Waals surface area (Å²) < 4.78 is 28.1. The van der Waals surface area contributed by atoms with E-state index < -0.39 is 10.0 Å². The zero-order chi connectivity index (χ0) is 14.0. The maximum absolute atomic E-state index is 12.1. The first kappa shape index (κ1) is 13.3. The van der Waals surface area contributed by atoms with Gasteiger partial charge in [-0.3, -0.25) is 14.2 Å². The smallest absolute Gasteiger partial charge is 0.263 e. The molecule has 0 fully saturated rings. The molecule has 0 aliphatic rings. The molecule has 19 heavy (non-hydrogen) atoms. The largest absolute Gasteiger partial charge is 0.295 e. The van der Waals surface area contributed by atoms with Crippen molar-refractivity contribution in [3.8, 4) is 0 Å². The summed E-state index contributed by atoms with van der Waals surface area (Å²) in [7, 11) is -2.05. The summed E-state index contributed by atoms with van der Waals surface area (Å²) in [6, 6.07) is 7.42. The standard InChI is InChI=1S/C12H13N3O3S/c1-9(16)10-4-3-5-11(8-10)19(17,18)14-12-6-7-15(2)13-12/h3-8H,1-2H3,(H,13,14). The average molecular weight is 279 g/mol. The number of ketones is 1. The lowest BCUT2D eigenvalue weighted by molar-refractivity contribution is 0.101. The Bertz CT molecular complexity index is 719. The molecule has 0 unspecified atom stereocenters. The Morgan fingerprint density at radius 1 is 1.32 bits per heavy atom. The van der Waals surface area contributed by atoms with Crippen molar-refractivity contribution in [2.45, 2.75) is 11.8 Å². The second-order valence-electron chi connectivity index (χ2n) is 4.06. The summed E-state index contributed by atoms with van der Waals surface area (Å²) in [5, 5.41) is 3.94. The van der Waals surface area contributed by atoms with E-state index in [4.69, 9.17) is 0 Å². The molecule has 1 aromatic carbocycles. The molecule has 1 N–H and O–H groups in total. The van der Waals surface area contributed by atoms with Crippen molar-refractivity contribution in [1.82, 2.24) is 9.78 Å². The third kappa shape index (κ3) is 3.00. The van der Waals surface area contributed by atoms with Crippen LogP contribution in [0.1, 0.15) is 17.3 Å². The molecular formula is C12H13N3O3S. The highest BCUT2D eigenvalue weighted by atomic mass is 32.2. The van der Waals surface area contributed by atoms with Crippen molar-refractivity contribution in [1.29, 1.82) is 0 Å². The minimum absolute atomic E-state index is 0.0332. The maximum Gasteiger partial charge on any atom is 0.263 e. The molecule has 0 saturated carbocycles. The fourth-order valence-electron chi connectivity index (χ4n) is 1.55. The molecule has 0 aliphatic carbocycles. The van der Waals surface area contributed by atoms with Gasteiger partial charge < -0.3 is 0 Å². The Kier molecular flexibility index (Phi) is 3.39. The van der Waals surface area contributed by atoms with Gasteiger partial charge in [-0.15, -0.1) is 0 Å². The number of aryl methyl sites for hydroxylation is 1. The molecule has 0 radical (unpaired) electrons. The van der Waals surface area contributed by atoms with Crippen molar-refractivity contribution >= 4 is 21.6 Å². The monoisotopic (exact) mass is 279 g/mol. The van der Waals surface area contributed by atoms with Crippen LogP contribution in [0.3, 0.4) is 0 Å². The molecule has 0 bridgehead atoms. The van der Waals surface area contributed by atoms with Crippen molar-refractivity contribution < 1.29 is 13.2 Å². The summed E-state index contributed by atoms with van der Waals surface area (Å²) in [6.45, 7) is 1.39. The Labute approximate surface area is 111 Å². The highest BCUT2D eigenvalue weighted by Gasteiger charge is 2.16. The summed E-state index contributed by atoms with van der Waals surface area (Å²) in [6.07, 6.45) is 1.63. The van der Waals surface area contributed by atoms with Crippen LogP contribution in [0.5, 0.6) is 0 Å². The van der Waals surface area contributed by atoms with E-state index in [1.54, 1.807) is 25.4 Å². The fraction of sp³-hybridized carbons (Fsp3) is 0.167. The number of sulfonamides is 1. The predicted octanol–water partition coefficient (Wildman–Crippen LogP) is 1.42. The molecule has 0 saturated heterocycles. The van der Waals surface area contributed by atoms with Gasteiger partial charge >= 0.3 is 0 Å². The van der Waals surface area contributed by atoms with Crippen LogP contribution in [0.15, 0.2) is 41.4 Å². The Balaban J connectivity index is 2.34. The van der Waals surface area contributed by atoms with E-state index in [1.165, 1.54) is 29.8 Å². The van der Waals surface area contributed by atoms with Gasteiger partial charge in [-0.2, -0.15) is 5.10 Å². The first-order chi connectivity index (χ1) is 8.88. The Morgan fingerprint density at radius 2 is 2.05 bits per heavy atom. The van der Waals surface area contributed by atoms with Crippen LogP contribution in [-0.4, -0.2) is 24.0 Å². The second kappa shape index (κ2) is 4.85. The van der Waals surface area contributed by atoms with Crippen LogP contribution >= 0.6 is 0 Å². The maximum atomic E-state index is 12.1. The lowest BCUT2D eigenvalue weighted by atomic mass is 10.2. The van der Waals surface area contributed by atoms with Crippen molar-refractivity contribution in [2.24, 2.45) is 7.05 Å². The van der Waals surface area contributed by atoms with E-state index >= 15 is 0 Å². The van der Waals surface area contributed by atoms with Crippen molar-refractivity contribution in [3.63, 3.8) is 0 Å². The number of carbonyl (C=O) groups excluding carboxylic acids is 1. The van der Waals surface area contributed by atoms with E-state index in [-0.39, 0.29) is 16.5 Å². The highest BCUT2D eigenvalue weighted by Crippen LogP contribution is 2.16. The summed E-state index contributed by atoms with van der Waals surface area (Å²) >= 11 is 0. The van der Waals surface area contributed by atoms with Crippen LogP contribution in [0.25, 0.3) is 0 Å². The molecule has 0 atom stereocenters. The third-order valence-corrected chi connectivity index (χ3v) is 3.86. The van der Waals surface area contributed by atoms with Gasteiger partial charge in [0.1, 0.15) is 0 Å². The number of nitrogens with zero attached hydrogens (tertiary/aromatic N) is 2. The molecule has 100 valence electrons. The molecule has 2 rings (SSSR count). The topological polar surface area (TPSA) is 81.1 Å². The molecule has 0 spiro atoms. The number of anilines is 1. The second-order valence-corrected chi connectivity index (χ2v) is 5.75. The summed E-state index contributed by atoms with van der Waals surface area (Å²) in [5.74, 6) is 0.0469. The van der Waals surface area contributed by atoms with Gasteiger partial charge in [0.2, 0.25) is 0 Å². The van der Waals surface area contributed by atoms with Crippen LogP contribution in [0.4, 0.5) is 5.82 Å². The van der Waals surface area contributed by atoms with Crippen LogP contribution < -0.4 is 4.72 Å². The lowest BCUT2D eigenvalue weighted by Gasteiger charge is -2.06. The van der Waals surface area contributed by atoms with Crippen LogP contribution in [0.2, 0.25) is 0 Å². The van der Waals surface area contributed by atoms with Gasteiger partial charge in [0.15, 0.2) is 11.6 Å². The van der Waals surface area contributed by atoms with E-state index in [0.29, 0.717) is 5.56 Å². The van der Waals surface area contributed by atoms with Gasteiger partial charge in [-0.1, -0.05) is 12.1 Å². The van der Waals surface area contributed by atoms with E-state index in [9.17, 15) is 13.2 Å². The number of carbonyl (C=O) groups is 1. The lowest BCUT2D eigenvalue weighted by Crippen LogP contribution is -2.14. The van der Waals surface area contributed by atoms with Crippen molar-refractivity contribution in [3.05, 3.63) is 42.1 Å². The number of hydrogen-bond acceptors (Lipinski definition) is 4. The Hall–Kier alpha value is -2.15. The van der Waals surface area contributed by atoms with Crippen molar-refractivity contribution in [2.75, 3.05) is 4.72 Å². The number of nitrogens with one attached hydrogen (secondary N) is 1. The minimum Gasteiger partial charge on any atom is -0.295 e. The van der Waals surface area contributed by atoms with E-state index in [2.05, 4.69) is 9.82 Å². The summed E-state index contributed by atoms with van der Waals surface area (Å²) in [5.41, 5.74) is 0.351. The predicted molar refractivity (Wildman–Crippen MR) is 70.5 cm³/mol. The van der Waals surface area contributed by atoms with Gasteiger partial charge in [-0.05, 0) is 19.1 Å². The molecule has 0 aliphatic heterocycles. The average Bonchev–Trinajstić information content (AvgIpc) is 2.74. The number of rotatable bonds is 4. The highest BCUT2D eigenvalue weighted by molar-refractivity contribution is 7.92. The van der Waals surface area contributed by atoms with Gasteiger partial charge in [-0.25, -0.2) is 8.42 Å². The molecular weight excluding hydrogens is 266 g/mol. The molecule has 2 aromatic rings. The summed E-state index contributed by atoms with van der Waals surface area (Å²) in [4.78, 5) is 11.3. The van der Waals surface area contributed by atoms with Crippen LogP contribution in [0, 0.1) is 0 Å². The molecule has 7 heteroatoms. The molecule has 0 amide bonds. The number of Topliss-reactive ketones (excluding diaryl/α,β-unsaturated/α-hetero) is 1. The molecule has 1 heterocycles. The normalized spacial score (nSPS) is 11.3. The number of aromatic nitrogens is 2. The Morgan fingerprint density at radius 3 is 2.63 bits per heavy atom. The molecule has 1 aromatic heterocycles. The minimum atomic E-state index is -3.73. The number of hydrogen-bond donors (Lipinski definition) is 1. The van der Waals surface area contributed by atoms with E-state index in [1.807, 2.05) is 0 Å². The van der Waals surface area contributed by atoms with Crippen LogP contribution in [-0.2, 0) is 17.1 Å². The SMILES string of the molecule is CC(=O)c1cccc(S(=O)(=O)Nc2ccn(C)n2)c1. The zero-order valence-corrected chi connectivity index (χ0v) is 11.3. The number of benzene rings is 1.